The summed E-state index contributed by atoms with van der Waals surface area (Å²) < 4.78 is 5.25. The number of amides is 1. The summed E-state index contributed by atoms with van der Waals surface area (Å²) in [7, 11) is 0. The second-order valence-corrected chi connectivity index (χ2v) is 6.93. The maximum atomic E-state index is 11.9. The first kappa shape index (κ1) is 22.5. The van der Waals surface area contributed by atoms with Gasteiger partial charge in [-0.1, -0.05) is 34.9 Å². The zero-order valence-electron chi connectivity index (χ0n) is 16.8. The van der Waals surface area contributed by atoms with Crippen molar-refractivity contribution in [2.24, 2.45) is 0 Å². The average molecular weight is 336 g/mol. The van der Waals surface area contributed by atoms with Gasteiger partial charge in [0.15, 0.2) is 0 Å². The number of likely N-dealkylation sites (N-methyl/N-ethyl adjacent to an activating group) is 1. The number of hydrogen-bond donors (Lipinski definition) is 0. The normalized spacial score (nSPS) is 12.3. The van der Waals surface area contributed by atoms with Crippen molar-refractivity contribution < 1.29 is 9.53 Å². The molecule has 3 heteroatoms. The highest BCUT2D eigenvalue weighted by Crippen LogP contribution is 2.11. The van der Waals surface area contributed by atoms with Gasteiger partial charge in [-0.2, -0.15) is 0 Å². The minimum absolute atomic E-state index is 0.0731. The van der Waals surface area contributed by atoms with Crippen LogP contribution in [0.4, 0.5) is 4.79 Å². The van der Waals surface area contributed by atoms with Gasteiger partial charge in [-0.05, 0) is 74.1 Å². The van der Waals surface area contributed by atoms with E-state index in [9.17, 15) is 4.79 Å². The molecule has 0 aliphatic rings. The smallest absolute Gasteiger partial charge is 0.410 e. The van der Waals surface area contributed by atoms with Gasteiger partial charge in [0.2, 0.25) is 0 Å². The van der Waals surface area contributed by atoms with Crippen LogP contribution in [0.25, 0.3) is 0 Å². The number of carbonyl (C=O) groups excluding carboxylic acids is 1. The largest absolute Gasteiger partial charge is 0.447 e. The van der Waals surface area contributed by atoms with Gasteiger partial charge in [-0.15, -0.1) is 0 Å². The van der Waals surface area contributed by atoms with Crippen molar-refractivity contribution in [3.63, 3.8) is 0 Å². The molecule has 0 radical (unpaired) electrons. The number of allylic oxidation sites excluding steroid dienone is 5. The molecule has 0 aliphatic heterocycles. The lowest BCUT2D eigenvalue weighted by molar-refractivity contribution is 0.0816. The van der Waals surface area contributed by atoms with Gasteiger partial charge in [0, 0.05) is 13.1 Å². The molecular weight excluding hydrogens is 298 g/mol. The molecule has 0 fully saturated rings. The zero-order valence-corrected chi connectivity index (χ0v) is 16.8. The van der Waals surface area contributed by atoms with Gasteiger partial charge in [-0.25, -0.2) is 4.79 Å². The highest BCUT2D eigenvalue weighted by atomic mass is 16.6. The first-order chi connectivity index (χ1) is 11.3. The van der Waals surface area contributed by atoms with Crippen molar-refractivity contribution in [2.45, 2.75) is 80.3 Å². The lowest BCUT2D eigenvalue weighted by Gasteiger charge is -2.20. The Morgan fingerprint density at radius 1 is 0.958 bits per heavy atom. The Morgan fingerprint density at radius 3 is 2.00 bits per heavy atom. The molecule has 0 unspecified atom stereocenters. The molecule has 3 nitrogen and oxygen atoms in total. The quantitative estimate of drug-likeness (QED) is 0.440. The third kappa shape index (κ3) is 12.0. The Balaban J connectivity index is 4.25. The van der Waals surface area contributed by atoms with Crippen molar-refractivity contribution in [3.8, 4) is 0 Å². The van der Waals surface area contributed by atoms with Crippen LogP contribution in [0.3, 0.4) is 0 Å². The summed E-state index contributed by atoms with van der Waals surface area (Å²) >= 11 is 0. The second-order valence-electron chi connectivity index (χ2n) is 6.93. The Hall–Kier alpha value is -1.51. The molecule has 0 saturated carbocycles. The first-order valence-corrected chi connectivity index (χ1v) is 9.16. The maximum Gasteiger partial charge on any atom is 0.410 e. The topological polar surface area (TPSA) is 29.5 Å². The van der Waals surface area contributed by atoms with E-state index in [4.69, 9.17) is 4.74 Å². The summed E-state index contributed by atoms with van der Waals surface area (Å²) in [5.74, 6) is 0. The number of rotatable bonds is 10. The predicted octanol–water partition coefficient (Wildman–Crippen LogP) is 6.27. The maximum absolute atomic E-state index is 11.9. The first-order valence-electron chi connectivity index (χ1n) is 9.16. The fraction of sp³-hybridized carbons (Fsp3) is 0.667. The standard InChI is InChI=1S/C21H37NO2/c1-8-22(21(23)24-18(4)5)16-15-20(7)14-10-13-19(6)12-9-11-17(2)3/h11,13,15,18H,8-10,12,14,16H2,1-7H3. The average Bonchev–Trinajstić information content (AvgIpc) is 2.46. The second kappa shape index (κ2) is 12.9. The van der Waals surface area contributed by atoms with Crippen LogP contribution in [-0.4, -0.2) is 30.2 Å². The van der Waals surface area contributed by atoms with Gasteiger partial charge in [-0.3, -0.25) is 0 Å². The molecule has 0 aliphatic carbocycles. The fourth-order valence-corrected chi connectivity index (χ4v) is 2.21. The minimum atomic E-state index is -0.230. The lowest BCUT2D eigenvalue weighted by atomic mass is 10.1. The van der Waals surface area contributed by atoms with Crippen LogP contribution in [0.5, 0.6) is 0 Å². The van der Waals surface area contributed by atoms with Crippen molar-refractivity contribution in [1.29, 1.82) is 0 Å². The van der Waals surface area contributed by atoms with Gasteiger partial charge < -0.3 is 9.64 Å². The fourth-order valence-electron chi connectivity index (χ4n) is 2.21. The van der Waals surface area contributed by atoms with Crippen molar-refractivity contribution in [2.75, 3.05) is 13.1 Å². The highest BCUT2D eigenvalue weighted by Gasteiger charge is 2.12. The van der Waals surface area contributed by atoms with Crippen molar-refractivity contribution >= 4 is 6.09 Å². The molecule has 0 atom stereocenters. The van der Waals surface area contributed by atoms with Gasteiger partial charge in [0.25, 0.3) is 0 Å². The highest BCUT2D eigenvalue weighted by molar-refractivity contribution is 5.67. The van der Waals surface area contributed by atoms with Crippen LogP contribution in [-0.2, 0) is 4.74 Å². The predicted molar refractivity (Wildman–Crippen MR) is 104 cm³/mol. The van der Waals surface area contributed by atoms with Gasteiger partial charge in [0.1, 0.15) is 0 Å². The number of ether oxygens (including phenoxy) is 1. The molecule has 0 aromatic carbocycles. The Labute approximate surface area is 149 Å². The monoisotopic (exact) mass is 335 g/mol. The van der Waals surface area contributed by atoms with Crippen LogP contribution in [0.15, 0.2) is 34.9 Å². The van der Waals surface area contributed by atoms with E-state index >= 15 is 0 Å². The SMILES string of the molecule is CCN(CC=C(C)CCC=C(C)CCC=C(C)C)C(=O)OC(C)C. The van der Waals surface area contributed by atoms with Crippen LogP contribution in [0.2, 0.25) is 0 Å². The summed E-state index contributed by atoms with van der Waals surface area (Å²) in [4.78, 5) is 13.6. The van der Waals surface area contributed by atoms with Crippen LogP contribution in [0.1, 0.15) is 74.1 Å². The Morgan fingerprint density at radius 2 is 1.50 bits per heavy atom. The summed E-state index contributed by atoms with van der Waals surface area (Å²) in [6, 6.07) is 0. The van der Waals surface area contributed by atoms with E-state index < -0.39 is 0 Å². The molecule has 0 N–H and O–H groups in total. The molecule has 0 spiro atoms. The van der Waals surface area contributed by atoms with E-state index in [1.54, 1.807) is 4.90 Å². The number of nitrogens with zero attached hydrogens (tertiary/aromatic N) is 1. The molecule has 0 aromatic rings. The number of hydrogen-bond acceptors (Lipinski definition) is 2. The van der Waals surface area contributed by atoms with Crippen molar-refractivity contribution in [1.82, 2.24) is 4.90 Å². The summed E-state index contributed by atoms with van der Waals surface area (Å²) in [5, 5.41) is 0. The van der Waals surface area contributed by atoms with Crippen molar-refractivity contribution in [3.05, 3.63) is 34.9 Å². The van der Waals surface area contributed by atoms with E-state index in [0.717, 1.165) is 25.7 Å². The molecular formula is C21H37NO2. The summed E-state index contributed by atoms with van der Waals surface area (Å²) in [5.41, 5.74) is 4.16. The molecule has 0 rings (SSSR count). The van der Waals surface area contributed by atoms with Gasteiger partial charge >= 0.3 is 6.09 Å². The van der Waals surface area contributed by atoms with E-state index in [1.165, 1.54) is 16.7 Å². The Bertz CT molecular complexity index is 454. The summed E-state index contributed by atoms with van der Waals surface area (Å²) in [6.07, 6.45) is 10.8. The third-order valence-electron chi connectivity index (χ3n) is 3.76. The van der Waals surface area contributed by atoms with Crippen LogP contribution < -0.4 is 0 Å². The van der Waals surface area contributed by atoms with E-state index in [-0.39, 0.29) is 12.2 Å². The molecule has 1 amide bonds. The summed E-state index contributed by atoms with van der Waals surface area (Å²) in [6.45, 7) is 15.6. The van der Waals surface area contributed by atoms with Crippen LogP contribution >= 0.6 is 0 Å². The Kier molecular flexibility index (Phi) is 12.0. The molecule has 138 valence electrons. The lowest BCUT2D eigenvalue weighted by Crippen LogP contribution is -2.33. The zero-order chi connectivity index (χ0) is 18.5. The van der Waals surface area contributed by atoms with Gasteiger partial charge in [0.05, 0.1) is 6.10 Å². The van der Waals surface area contributed by atoms with E-state index in [2.05, 4.69) is 45.9 Å². The molecule has 0 saturated heterocycles. The van der Waals surface area contributed by atoms with E-state index in [0.29, 0.717) is 13.1 Å². The molecule has 0 bridgehead atoms. The molecule has 0 heterocycles. The van der Waals surface area contributed by atoms with Crippen LogP contribution in [0, 0.1) is 0 Å². The molecule has 24 heavy (non-hydrogen) atoms. The molecule has 0 aromatic heterocycles. The number of carbonyl (C=O) groups is 1. The third-order valence-corrected chi connectivity index (χ3v) is 3.76. The minimum Gasteiger partial charge on any atom is -0.447 e. The van der Waals surface area contributed by atoms with E-state index in [1.807, 2.05) is 20.8 Å².